The highest BCUT2D eigenvalue weighted by Crippen LogP contribution is 2.05. The van der Waals surface area contributed by atoms with E-state index in [4.69, 9.17) is 14.6 Å². The molecule has 1 saturated heterocycles. The van der Waals surface area contributed by atoms with Crippen molar-refractivity contribution in [2.75, 3.05) is 26.2 Å². The van der Waals surface area contributed by atoms with E-state index in [0.717, 1.165) is 6.42 Å². The first-order valence-electron chi connectivity index (χ1n) is 6.84. The number of carboxylic acid groups (broad SMARTS) is 1. The SMILES string of the molecule is CC(C(=O)NCCN1CCCOC1=O)n1ccnc1.O=CO. The largest absolute Gasteiger partial charge is 0.483 e. The molecule has 2 N–H and O–H groups in total. The average Bonchev–Trinajstić information content (AvgIpc) is 3.03. The highest BCUT2D eigenvalue weighted by atomic mass is 16.6. The lowest BCUT2D eigenvalue weighted by Gasteiger charge is -2.26. The van der Waals surface area contributed by atoms with E-state index in [1.807, 2.05) is 0 Å². The third-order valence-electron chi connectivity index (χ3n) is 3.09. The number of ether oxygens (including phenoxy) is 1. The molecule has 2 heterocycles. The third-order valence-corrected chi connectivity index (χ3v) is 3.09. The van der Waals surface area contributed by atoms with Crippen molar-refractivity contribution in [1.82, 2.24) is 19.8 Å². The summed E-state index contributed by atoms with van der Waals surface area (Å²) in [5.74, 6) is -0.0941. The van der Waals surface area contributed by atoms with Gasteiger partial charge >= 0.3 is 6.09 Å². The molecule has 1 unspecified atom stereocenters. The van der Waals surface area contributed by atoms with Gasteiger partial charge in [0, 0.05) is 32.0 Å². The van der Waals surface area contributed by atoms with Gasteiger partial charge in [0.05, 0.1) is 12.9 Å². The van der Waals surface area contributed by atoms with Crippen LogP contribution in [0.5, 0.6) is 0 Å². The maximum atomic E-state index is 11.9. The summed E-state index contributed by atoms with van der Waals surface area (Å²) in [7, 11) is 0. The van der Waals surface area contributed by atoms with Gasteiger partial charge in [0.15, 0.2) is 0 Å². The van der Waals surface area contributed by atoms with E-state index in [0.29, 0.717) is 26.2 Å². The Bertz CT molecular complexity index is 477. The molecule has 1 fully saturated rings. The maximum absolute atomic E-state index is 11.9. The molecule has 1 aliphatic heterocycles. The zero-order chi connectivity index (χ0) is 16.4. The number of amides is 2. The Morgan fingerprint density at radius 1 is 1.64 bits per heavy atom. The van der Waals surface area contributed by atoms with Crippen LogP contribution in [0.25, 0.3) is 0 Å². The molecule has 1 aromatic rings. The Morgan fingerprint density at radius 2 is 2.36 bits per heavy atom. The zero-order valence-corrected chi connectivity index (χ0v) is 12.3. The molecule has 1 atom stereocenters. The van der Waals surface area contributed by atoms with Crippen molar-refractivity contribution < 1.29 is 24.2 Å². The number of carbonyl (C=O) groups is 3. The van der Waals surface area contributed by atoms with Crippen molar-refractivity contribution in [3.8, 4) is 0 Å². The lowest BCUT2D eigenvalue weighted by atomic mass is 10.3. The van der Waals surface area contributed by atoms with Gasteiger partial charge in [0.2, 0.25) is 5.91 Å². The molecule has 1 aliphatic rings. The van der Waals surface area contributed by atoms with E-state index in [-0.39, 0.29) is 24.5 Å². The lowest BCUT2D eigenvalue weighted by molar-refractivity contribution is -0.124. The highest BCUT2D eigenvalue weighted by molar-refractivity contribution is 5.79. The molecular formula is C13H20N4O5. The standard InChI is InChI=1S/C12H18N4O3.CH2O2/c1-10(16-6-3-13-9-16)11(17)14-4-7-15-5-2-8-19-12(15)18;2-1-3/h3,6,9-10H,2,4-5,7-8H2,1H3,(H,14,17);1H,(H,2,3). The van der Waals surface area contributed by atoms with Crippen LogP contribution in [0, 0.1) is 0 Å². The van der Waals surface area contributed by atoms with Crippen LogP contribution in [0.1, 0.15) is 19.4 Å². The van der Waals surface area contributed by atoms with Crippen molar-refractivity contribution >= 4 is 18.5 Å². The molecule has 0 radical (unpaired) electrons. The van der Waals surface area contributed by atoms with Gasteiger partial charge in [-0.05, 0) is 13.3 Å². The number of aromatic nitrogens is 2. The highest BCUT2D eigenvalue weighted by Gasteiger charge is 2.19. The van der Waals surface area contributed by atoms with Gasteiger partial charge in [0.25, 0.3) is 6.47 Å². The van der Waals surface area contributed by atoms with Gasteiger partial charge in [-0.2, -0.15) is 0 Å². The molecule has 1 aromatic heterocycles. The molecule has 0 saturated carbocycles. The summed E-state index contributed by atoms with van der Waals surface area (Å²) >= 11 is 0. The van der Waals surface area contributed by atoms with Gasteiger partial charge in [-0.1, -0.05) is 0 Å². The fraction of sp³-hybridized carbons (Fsp3) is 0.538. The number of nitrogens with one attached hydrogen (secondary N) is 1. The van der Waals surface area contributed by atoms with Crippen molar-refractivity contribution in [2.24, 2.45) is 0 Å². The molecule has 2 rings (SSSR count). The lowest BCUT2D eigenvalue weighted by Crippen LogP contribution is -2.43. The fourth-order valence-corrected chi connectivity index (χ4v) is 1.90. The molecule has 0 bridgehead atoms. The summed E-state index contributed by atoms with van der Waals surface area (Å²) in [6, 6.07) is -0.309. The van der Waals surface area contributed by atoms with Gasteiger partial charge in [-0.25, -0.2) is 9.78 Å². The van der Waals surface area contributed by atoms with Gasteiger partial charge in [0.1, 0.15) is 6.04 Å². The van der Waals surface area contributed by atoms with Gasteiger partial charge < -0.3 is 24.6 Å². The molecule has 0 spiro atoms. The first-order chi connectivity index (χ1) is 10.6. The topological polar surface area (TPSA) is 114 Å². The fourth-order valence-electron chi connectivity index (χ4n) is 1.90. The summed E-state index contributed by atoms with van der Waals surface area (Å²) in [6.45, 7) is 3.62. The number of hydrogen-bond donors (Lipinski definition) is 2. The Morgan fingerprint density at radius 3 is 2.95 bits per heavy atom. The second-order valence-electron chi connectivity index (χ2n) is 4.54. The maximum Gasteiger partial charge on any atom is 0.409 e. The quantitative estimate of drug-likeness (QED) is 0.746. The number of hydrogen-bond acceptors (Lipinski definition) is 5. The Hall–Kier alpha value is -2.58. The van der Waals surface area contributed by atoms with Crippen molar-refractivity contribution in [3.63, 3.8) is 0 Å². The minimum absolute atomic E-state index is 0.0941. The number of cyclic esters (lactones) is 1. The van der Waals surface area contributed by atoms with Crippen LogP contribution in [0.15, 0.2) is 18.7 Å². The molecule has 122 valence electrons. The second kappa shape index (κ2) is 9.37. The second-order valence-corrected chi connectivity index (χ2v) is 4.54. The van der Waals surface area contributed by atoms with E-state index in [1.54, 1.807) is 35.1 Å². The summed E-state index contributed by atoms with van der Waals surface area (Å²) in [5, 5.41) is 9.69. The van der Waals surface area contributed by atoms with Gasteiger partial charge in [-0.3, -0.25) is 9.59 Å². The predicted molar refractivity (Wildman–Crippen MR) is 76.2 cm³/mol. The van der Waals surface area contributed by atoms with Crippen molar-refractivity contribution in [3.05, 3.63) is 18.7 Å². The van der Waals surface area contributed by atoms with Crippen molar-refractivity contribution in [2.45, 2.75) is 19.4 Å². The number of carbonyl (C=O) groups excluding carboxylic acids is 2. The van der Waals surface area contributed by atoms with Crippen LogP contribution in [-0.4, -0.2) is 64.3 Å². The minimum atomic E-state index is -0.309. The molecule has 0 aliphatic carbocycles. The Kier molecular flexibility index (Phi) is 7.44. The van der Waals surface area contributed by atoms with Crippen LogP contribution in [0.4, 0.5) is 4.79 Å². The molecule has 0 aromatic carbocycles. The first-order valence-corrected chi connectivity index (χ1v) is 6.84. The molecular weight excluding hydrogens is 292 g/mol. The monoisotopic (exact) mass is 312 g/mol. The van der Waals surface area contributed by atoms with Crippen LogP contribution >= 0.6 is 0 Å². The van der Waals surface area contributed by atoms with Crippen LogP contribution < -0.4 is 5.32 Å². The van der Waals surface area contributed by atoms with E-state index in [2.05, 4.69) is 10.3 Å². The van der Waals surface area contributed by atoms with Gasteiger partial charge in [-0.15, -0.1) is 0 Å². The normalized spacial score (nSPS) is 15.1. The summed E-state index contributed by atoms with van der Waals surface area (Å²) < 4.78 is 6.64. The summed E-state index contributed by atoms with van der Waals surface area (Å²) in [5.41, 5.74) is 0. The summed E-state index contributed by atoms with van der Waals surface area (Å²) in [6.07, 6.45) is 5.51. The first kappa shape index (κ1) is 17.5. The third kappa shape index (κ3) is 5.43. The smallest absolute Gasteiger partial charge is 0.409 e. The van der Waals surface area contributed by atoms with E-state index in [1.165, 1.54) is 0 Å². The zero-order valence-electron chi connectivity index (χ0n) is 12.3. The Labute approximate surface area is 127 Å². The molecule has 2 amide bonds. The number of nitrogens with zero attached hydrogens (tertiary/aromatic N) is 3. The van der Waals surface area contributed by atoms with Crippen LogP contribution in [0.2, 0.25) is 0 Å². The molecule has 9 nitrogen and oxygen atoms in total. The average molecular weight is 312 g/mol. The van der Waals surface area contributed by atoms with E-state index < -0.39 is 0 Å². The Balaban J connectivity index is 0.000000745. The minimum Gasteiger partial charge on any atom is -0.483 e. The molecule has 22 heavy (non-hydrogen) atoms. The van der Waals surface area contributed by atoms with Crippen LogP contribution in [0.3, 0.4) is 0 Å². The number of imidazole rings is 1. The van der Waals surface area contributed by atoms with Crippen molar-refractivity contribution in [1.29, 1.82) is 0 Å². The van der Waals surface area contributed by atoms with E-state index >= 15 is 0 Å². The predicted octanol–water partition coefficient (Wildman–Crippen LogP) is 0.103. The molecule has 9 heteroatoms. The van der Waals surface area contributed by atoms with Crippen LogP contribution in [-0.2, 0) is 14.3 Å². The number of rotatable bonds is 5. The summed E-state index contributed by atoms with van der Waals surface area (Å²) in [4.78, 5) is 37.1. The van der Waals surface area contributed by atoms with E-state index in [9.17, 15) is 9.59 Å².